The lowest BCUT2D eigenvalue weighted by atomic mass is 9.33. The molecule has 7 rings (SSSR count). The summed E-state index contributed by atoms with van der Waals surface area (Å²) in [4.78, 5) is 119. The van der Waals surface area contributed by atoms with E-state index in [4.69, 9.17) is 56.8 Å². The molecule has 0 radical (unpaired) electrons. The second kappa shape index (κ2) is 21.9. The third-order valence-corrected chi connectivity index (χ3v) is 19.3. The maximum atomic E-state index is 15.3. The fourth-order valence-electron chi connectivity index (χ4n) is 15.5. The smallest absolute Gasteiger partial charge is 0.339 e. The summed E-state index contributed by atoms with van der Waals surface area (Å²) in [6, 6.07) is 0. The quantitative estimate of drug-likeness (QED) is 0.121. The van der Waals surface area contributed by atoms with Crippen LogP contribution in [0.4, 0.5) is 0 Å². The first-order valence-electron chi connectivity index (χ1n) is 26.8. The number of methoxy groups -OCH3 is 2. The Morgan fingerprint density at radius 1 is 0.584 bits per heavy atom. The minimum Gasteiger partial charge on any atom is -0.469 e. The van der Waals surface area contributed by atoms with Crippen molar-refractivity contribution in [3.63, 3.8) is 0 Å². The van der Waals surface area contributed by atoms with E-state index in [-0.39, 0.29) is 40.3 Å². The van der Waals surface area contributed by atoms with Gasteiger partial charge in [-0.15, -0.1) is 0 Å². The number of hydrogen-bond acceptors (Lipinski definition) is 21. The molecule has 0 spiro atoms. The van der Waals surface area contributed by atoms with E-state index in [0.717, 1.165) is 92.8 Å². The van der Waals surface area contributed by atoms with Gasteiger partial charge in [-0.25, -0.2) is 4.79 Å². The number of allylic oxidation sites excluding steroid dienone is 2. The monoisotopic (exact) mass is 1090 g/mol. The molecule has 0 aromatic carbocycles. The predicted octanol–water partition coefficient (Wildman–Crippen LogP) is 5.75. The Bertz CT molecular complexity index is 2400. The van der Waals surface area contributed by atoms with E-state index in [2.05, 4.69) is 41.5 Å². The van der Waals surface area contributed by atoms with Crippen molar-refractivity contribution in [3.05, 3.63) is 11.6 Å². The first-order valence-corrected chi connectivity index (χ1v) is 26.8. The van der Waals surface area contributed by atoms with E-state index >= 15 is 4.79 Å². The molecule has 430 valence electrons. The maximum absolute atomic E-state index is 15.3. The molecule has 21 nitrogen and oxygen atoms in total. The molecule has 2 aliphatic heterocycles. The molecule has 7 aliphatic rings. The van der Waals surface area contributed by atoms with Gasteiger partial charge < -0.3 is 56.8 Å². The largest absolute Gasteiger partial charge is 0.469 e. The molecule has 0 aromatic rings. The van der Waals surface area contributed by atoms with E-state index < -0.39 is 138 Å². The molecule has 2 saturated heterocycles. The summed E-state index contributed by atoms with van der Waals surface area (Å²) >= 11 is 0. The van der Waals surface area contributed by atoms with Gasteiger partial charge in [-0.2, -0.15) is 0 Å². The topological polar surface area (TPSA) is 264 Å². The predicted molar refractivity (Wildman–Crippen MR) is 265 cm³/mol. The molecule has 6 fully saturated rings. The van der Waals surface area contributed by atoms with E-state index in [1.807, 2.05) is 13.0 Å². The van der Waals surface area contributed by atoms with E-state index in [9.17, 15) is 38.4 Å². The van der Waals surface area contributed by atoms with Gasteiger partial charge in [-0.1, -0.05) is 47.1 Å². The minimum atomic E-state index is -1.98. The molecule has 5 aliphatic carbocycles. The highest BCUT2D eigenvalue weighted by atomic mass is 16.8. The van der Waals surface area contributed by atoms with Crippen molar-refractivity contribution in [2.24, 2.45) is 50.2 Å². The highest BCUT2D eigenvalue weighted by Gasteiger charge is 2.71. The van der Waals surface area contributed by atoms with Crippen LogP contribution in [0.3, 0.4) is 0 Å². The van der Waals surface area contributed by atoms with E-state index in [0.29, 0.717) is 19.3 Å². The summed E-state index contributed by atoms with van der Waals surface area (Å²) < 4.78 is 70.6. The van der Waals surface area contributed by atoms with Crippen molar-refractivity contribution in [1.29, 1.82) is 0 Å². The summed E-state index contributed by atoms with van der Waals surface area (Å²) in [7, 11) is 2.46. The van der Waals surface area contributed by atoms with Gasteiger partial charge in [0.05, 0.1) is 25.7 Å². The molecule has 0 N–H and O–H groups in total. The van der Waals surface area contributed by atoms with Crippen molar-refractivity contribution >= 4 is 53.5 Å². The SMILES string of the molecule is COC(=O)[C@H]1O[C@@H](O[C@@H]2[C@@H](OC(C)=O)[C@H](O[C@H]3CC[C@]4(C)[C@H]5C(=O)C=C6[C@H]7C[C@@](C)(C(=O)OC)CC[C@]7(C)CC[C@@]6(C)[C@]5(C)CC[C@H]4C3(C)C)O[C@H](COC(C)=O)[C@H]2OC(C)=O)[C@H](OC(C)=O)[C@@H](OC(C)=O)[C@@H]1OC(C)=O. The van der Waals surface area contributed by atoms with Gasteiger partial charge in [0.2, 0.25) is 6.29 Å². The van der Waals surface area contributed by atoms with Crippen LogP contribution in [0, 0.1) is 50.2 Å². The van der Waals surface area contributed by atoms with Crippen molar-refractivity contribution in [2.45, 2.75) is 215 Å². The Balaban J connectivity index is 1.26. The van der Waals surface area contributed by atoms with Gasteiger partial charge in [-0.3, -0.25) is 38.4 Å². The Kier molecular flexibility index (Phi) is 17.0. The van der Waals surface area contributed by atoms with E-state index in [1.54, 1.807) is 0 Å². The van der Waals surface area contributed by atoms with Gasteiger partial charge in [-0.05, 0) is 110 Å². The number of rotatable bonds is 13. The van der Waals surface area contributed by atoms with Crippen LogP contribution < -0.4 is 0 Å². The molecule has 4 saturated carbocycles. The third-order valence-electron chi connectivity index (χ3n) is 19.3. The van der Waals surface area contributed by atoms with Crippen molar-refractivity contribution in [2.75, 3.05) is 20.8 Å². The summed E-state index contributed by atoms with van der Waals surface area (Å²) in [5, 5.41) is 0. The van der Waals surface area contributed by atoms with Crippen LogP contribution >= 0.6 is 0 Å². The van der Waals surface area contributed by atoms with Crippen LogP contribution in [0.15, 0.2) is 11.6 Å². The van der Waals surface area contributed by atoms with Gasteiger partial charge in [0.25, 0.3) is 0 Å². The molecule has 2 heterocycles. The Labute approximate surface area is 450 Å². The van der Waals surface area contributed by atoms with Gasteiger partial charge in [0.1, 0.15) is 18.8 Å². The van der Waals surface area contributed by atoms with Crippen LogP contribution in [-0.2, 0) is 100.0 Å². The van der Waals surface area contributed by atoms with Crippen molar-refractivity contribution < 1.29 is 100.0 Å². The average Bonchev–Trinajstić information content (AvgIpc) is 3.32. The second-order valence-corrected chi connectivity index (χ2v) is 24.5. The van der Waals surface area contributed by atoms with Crippen LogP contribution in [0.5, 0.6) is 0 Å². The van der Waals surface area contributed by atoms with E-state index in [1.165, 1.54) is 7.11 Å². The fourth-order valence-corrected chi connectivity index (χ4v) is 15.5. The van der Waals surface area contributed by atoms with Gasteiger partial charge in [0, 0.05) is 47.5 Å². The number of fused-ring (bicyclic) bond motifs is 7. The third kappa shape index (κ3) is 10.9. The Morgan fingerprint density at radius 2 is 1.13 bits per heavy atom. The standard InChI is InChI=1S/C56H80O21/c1-27(57)68-26-36-39(69-28(2)58)40(76-49-45(73-32(6)62)42(71-30(4)60)41(70-29(3)59)43(77-49)47(64)66-14)44(72-31(5)61)48(74-36)75-38-17-18-54(11)37(51(38,7)8)16-19-56(13)46(54)35(63)24-33-34-25-53(10,50(65)67-15)21-20-52(34,9)22-23-55(33,56)12/h24,34,36-46,48-49H,16-23,25-26H2,1-15H3/t34-,36-,37+,38+,39-,40+,41+,42+,43+,44-,45-,46-,48+,49-,52-,53+,54+,55-,56-/m1/s1. The highest BCUT2D eigenvalue weighted by molar-refractivity contribution is 5.96. The average molecular weight is 1090 g/mol. The van der Waals surface area contributed by atoms with Crippen molar-refractivity contribution in [1.82, 2.24) is 0 Å². The number of esters is 8. The molecule has 21 heteroatoms. The van der Waals surface area contributed by atoms with Gasteiger partial charge >= 0.3 is 47.8 Å². The summed E-state index contributed by atoms with van der Waals surface area (Å²) in [6.45, 7) is 21.2. The number of ether oxygens (including phenoxy) is 12. The molecule has 0 bridgehead atoms. The number of carbonyl (C=O) groups excluding carboxylic acids is 9. The summed E-state index contributed by atoms with van der Waals surface area (Å²) in [5.41, 5.74) is -1.57. The van der Waals surface area contributed by atoms with Gasteiger partial charge in [0.15, 0.2) is 48.7 Å². The molecule has 0 unspecified atom stereocenters. The van der Waals surface area contributed by atoms with Crippen molar-refractivity contribution in [3.8, 4) is 0 Å². The number of hydrogen-bond donors (Lipinski definition) is 0. The van der Waals surface area contributed by atoms with Crippen LogP contribution in [-0.4, -0.2) is 142 Å². The highest BCUT2D eigenvalue weighted by Crippen LogP contribution is 2.75. The fraction of sp³-hybridized carbons (Fsp3) is 0.804. The molecule has 19 atom stereocenters. The molecule has 77 heavy (non-hydrogen) atoms. The van der Waals surface area contributed by atoms with Crippen LogP contribution in [0.25, 0.3) is 0 Å². The normalized spacial score (nSPS) is 41.9. The molecular formula is C56H80O21. The second-order valence-electron chi connectivity index (χ2n) is 24.5. The lowest BCUT2D eigenvalue weighted by Crippen LogP contribution is -2.69. The van der Waals surface area contributed by atoms with Crippen LogP contribution in [0.2, 0.25) is 0 Å². The zero-order valence-corrected chi connectivity index (χ0v) is 47.3. The zero-order valence-electron chi connectivity index (χ0n) is 47.3. The first-order chi connectivity index (χ1) is 35.8. The lowest BCUT2D eigenvalue weighted by molar-refractivity contribution is -0.368. The summed E-state index contributed by atoms with van der Waals surface area (Å²) in [6.07, 6.45) is -9.46. The Morgan fingerprint density at radius 3 is 1.70 bits per heavy atom. The zero-order chi connectivity index (χ0) is 57.1. The summed E-state index contributed by atoms with van der Waals surface area (Å²) in [5.74, 6) is -7.01. The number of carbonyl (C=O) groups is 9. The molecule has 0 aromatic heterocycles. The Hall–Kier alpha value is -4.99. The maximum Gasteiger partial charge on any atom is 0.339 e. The molecular weight excluding hydrogens is 1010 g/mol. The first kappa shape index (κ1) is 59.7. The molecule has 0 amide bonds. The van der Waals surface area contributed by atoms with Crippen LogP contribution in [0.1, 0.15) is 148 Å². The number of ketones is 1. The minimum absolute atomic E-state index is 0.0324. The lowest BCUT2D eigenvalue weighted by Gasteiger charge is -2.70.